The molecule has 0 bridgehead atoms. The molecule has 1 unspecified atom stereocenters. The highest BCUT2D eigenvalue weighted by atomic mass is 35.5. The van der Waals surface area contributed by atoms with Crippen molar-refractivity contribution in [1.82, 2.24) is 4.98 Å². The lowest BCUT2D eigenvalue weighted by Gasteiger charge is -2.21. The van der Waals surface area contributed by atoms with Crippen molar-refractivity contribution >= 4 is 24.2 Å². The fourth-order valence-electron chi connectivity index (χ4n) is 2.35. The van der Waals surface area contributed by atoms with Gasteiger partial charge in [0.2, 0.25) is 0 Å². The Morgan fingerprint density at radius 3 is 2.90 bits per heavy atom. The lowest BCUT2D eigenvalue weighted by atomic mass is 10.1. The van der Waals surface area contributed by atoms with Gasteiger partial charge < -0.3 is 15.4 Å². The van der Waals surface area contributed by atoms with Crippen molar-refractivity contribution in [3.8, 4) is 0 Å². The molecule has 0 spiro atoms. The van der Waals surface area contributed by atoms with Crippen molar-refractivity contribution in [3.63, 3.8) is 0 Å². The summed E-state index contributed by atoms with van der Waals surface area (Å²) in [7, 11) is 0. The highest BCUT2D eigenvalue weighted by molar-refractivity contribution is 5.90. The van der Waals surface area contributed by atoms with Crippen LogP contribution in [0.4, 0.5) is 5.82 Å². The molecule has 0 saturated carbocycles. The van der Waals surface area contributed by atoms with E-state index in [9.17, 15) is 4.79 Å². The minimum absolute atomic E-state index is 0. The van der Waals surface area contributed by atoms with Crippen LogP contribution in [-0.2, 0) is 4.74 Å². The molecule has 2 heterocycles. The van der Waals surface area contributed by atoms with Crippen LogP contribution < -0.4 is 10.6 Å². The van der Waals surface area contributed by atoms with Crippen LogP contribution in [0.5, 0.6) is 0 Å². The normalized spacial score (nSPS) is 18.9. The Morgan fingerprint density at radius 2 is 2.19 bits per heavy atom. The van der Waals surface area contributed by atoms with Gasteiger partial charge in [0.1, 0.15) is 5.82 Å². The molecule has 1 aliphatic heterocycles. The van der Waals surface area contributed by atoms with Gasteiger partial charge in [-0.3, -0.25) is 0 Å². The van der Waals surface area contributed by atoms with Gasteiger partial charge in [-0.25, -0.2) is 9.78 Å². The van der Waals surface area contributed by atoms with E-state index >= 15 is 0 Å². The molecule has 0 aromatic carbocycles. The van der Waals surface area contributed by atoms with Crippen LogP contribution in [-0.4, -0.2) is 36.2 Å². The number of halogens is 1. The van der Waals surface area contributed by atoms with E-state index < -0.39 is 0 Å². The van der Waals surface area contributed by atoms with E-state index in [4.69, 9.17) is 10.5 Å². The summed E-state index contributed by atoms with van der Waals surface area (Å²) in [5.74, 6) is 0.535. The smallest absolute Gasteiger partial charge is 0.338 e. The summed E-state index contributed by atoms with van der Waals surface area (Å²) in [5, 5.41) is 0. The standard InChI is InChI=1S/C15H23N3O2.ClH/c1-11(2)20-15(19)12-5-7-17-14(10-12)18-8-3-4-13(16)6-9-18;/h5,7,10-11,13H,3-4,6,8-9,16H2,1-2H3;1H. The molecule has 2 rings (SSSR count). The first-order valence-corrected chi connectivity index (χ1v) is 7.24. The number of esters is 1. The number of hydrogen-bond donors (Lipinski definition) is 1. The molecule has 118 valence electrons. The fraction of sp³-hybridized carbons (Fsp3) is 0.600. The van der Waals surface area contributed by atoms with Gasteiger partial charge in [0.05, 0.1) is 11.7 Å². The number of nitrogens with zero attached hydrogens (tertiary/aromatic N) is 2. The summed E-state index contributed by atoms with van der Waals surface area (Å²) in [4.78, 5) is 18.5. The molecular weight excluding hydrogens is 290 g/mol. The maximum absolute atomic E-state index is 11.9. The second-order valence-corrected chi connectivity index (χ2v) is 5.53. The van der Waals surface area contributed by atoms with E-state index in [2.05, 4.69) is 9.88 Å². The summed E-state index contributed by atoms with van der Waals surface area (Å²) >= 11 is 0. The Balaban J connectivity index is 0.00000220. The monoisotopic (exact) mass is 313 g/mol. The second kappa shape index (κ2) is 8.20. The van der Waals surface area contributed by atoms with Crippen LogP contribution >= 0.6 is 12.4 Å². The highest BCUT2D eigenvalue weighted by Gasteiger charge is 2.17. The molecule has 5 nitrogen and oxygen atoms in total. The molecule has 6 heteroatoms. The Kier molecular flexibility index (Phi) is 6.92. The number of carbonyl (C=O) groups excluding carboxylic acids is 1. The number of aromatic nitrogens is 1. The molecule has 2 N–H and O–H groups in total. The lowest BCUT2D eigenvalue weighted by Crippen LogP contribution is -2.27. The predicted octanol–water partition coefficient (Wildman–Crippen LogP) is 2.39. The summed E-state index contributed by atoms with van der Waals surface area (Å²) in [5.41, 5.74) is 6.54. The van der Waals surface area contributed by atoms with Crippen LogP contribution in [0.15, 0.2) is 18.3 Å². The molecule has 0 amide bonds. The Labute approximate surface area is 132 Å². The molecular formula is C15H24ClN3O2. The third-order valence-corrected chi connectivity index (χ3v) is 3.42. The first-order chi connectivity index (χ1) is 9.56. The molecule has 1 aromatic heterocycles. The second-order valence-electron chi connectivity index (χ2n) is 5.53. The summed E-state index contributed by atoms with van der Waals surface area (Å²) < 4.78 is 5.22. The van der Waals surface area contributed by atoms with Gasteiger partial charge in [-0.2, -0.15) is 0 Å². The van der Waals surface area contributed by atoms with E-state index in [1.807, 2.05) is 19.9 Å². The van der Waals surface area contributed by atoms with Crippen molar-refractivity contribution in [2.24, 2.45) is 5.73 Å². The topological polar surface area (TPSA) is 68.5 Å². The lowest BCUT2D eigenvalue weighted by molar-refractivity contribution is 0.0378. The molecule has 1 aromatic rings. The molecule has 0 aliphatic carbocycles. The zero-order valence-corrected chi connectivity index (χ0v) is 13.4. The zero-order chi connectivity index (χ0) is 14.5. The van der Waals surface area contributed by atoms with E-state index in [0.717, 1.165) is 38.2 Å². The summed E-state index contributed by atoms with van der Waals surface area (Å²) in [6.45, 7) is 5.51. The van der Waals surface area contributed by atoms with E-state index in [-0.39, 0.29) is 30.5 Å². The average molecular weight is 314 g/mol. The van der Waals surface area contributed by atoms with Gasteiger partial charge in [-0.05, 0) is 45.2 Å². The van der Waals surface area contributed by atoms with Crippen LogP contribution in [0.2, 0.25) is 0 Å². The predicted molar refractivity (Wildman–Crippen MR) is 86.1 cm³/mol. The minimum Gasteiger partial charge on any atom is -0.459 e. The largest absolute Gasteiger partial charge is 0.459 e. The number of ether oxygens (including phenoxy) is 1. The van der Waals surface area contributed by atoms with Crippen molar-refractivity contribution < 1.29 is 9.53 Å². The average Bonchev–Trinajstić information content (AvgIpc) is 2.63. The summed E-state index contributed by atoms with van der Waals surface area (Å²) in [6.07, 6.45) is 4.62. The van der Waals surface area contributed by atoms with Crippen molar-refractivity contribution in [1.29, 1.82) is 0 Å². The van der Waals surface area contributed by atoms with Crippen molar-refractivity contribution in [2.45, 2.75) is 45.3 Å². The fourth-order valence-corrected chi connectivity index (χ4v) is 2.35. The quantitative estimate of drug-likeness (QED) is 0.868. The van der Waals surface area contributed by atoms with Gasteiger partial charge in [0, 0.05) is 25.3 Å². The minimum atomic E-state index is -0.296. The molecule has 21 heavy (non-hydrogen) atoms. The highest BCUT2D eigenvalue weighted by Crippen LogP contribution is 2.18. The van der Waals surface area contributed by atoms with Crippen LogP contribution in [0.25, 0.3) is 0 Å². The number of carbonyl (C=O) groups is 1. The van der Waals surface area contributed by atoms with E-state index in [1.54, 1.807) is 12.3 Å². The Morgan fingerprint density at radius 1 is 1.43 bits per heavy atom. The zero-order valence-electron chi connectivity index (χ0n) is 12.6. The Bertz CT molecular complexity index is 468. The van der Waals surface area contributed by atoms with Crippen LogP contribution in [0.1, 0.15) is 43.5 Å². The maximum atomic E-state index is 11.9. The van der Waals surface area contributed by atoms with Gasteiger partial charge in [0.15, 0.2) is 0 Å². The number of hydrogen-bond acceptors (Lipinski definition) is 5. The Hall–Kier alpha value is -1.33. The number of pyridine rings is 1. The SMILES string of the molecule is CC(C)OC(=O)c1ccnc(N2CCCC(N)CC2)c1.Cl. The first-order valence-electron chi connectivity index (χ1n) is 7.24. The van der Waals surface area contributed by atoms with Crippen LogP contribution in [0.3, 0.4) is 0 Å². The first kappa shape index (κ1) is 17.7. The third-order valence-electron chi connectivity index (χ3n) is 3.42. The van der Waals surface area contributed by atoms with Crippen molar-refractivity contribution in [3.05, 3.63) is 23.9 Å². The van der Waals surface area contributed by atoms with E-state index in [0.29, 0.717) is 5.56 Å². The van der Waals surface area contributed by atoms with Gasteiger partial charge in [-0.15, -0.1) is 12.4 Å². The van der Waals surface area contributed by atoms with Gasteiger partial charge in [0.25, 0.3) is 0 Å². The molecule has 0 radical (unpaired) electrons. The van der Waals surface area contributed by atoms with E-state index in [1.165, 1.54) is 0 Å². The molecule has 1 atom stereocenters. The van der Waals surface area contributed by atoms with Gasteiger partial charge in [-0.1, -0.05) is 0 Å². The molecule has 1 saturated heterocycles. The number of nitrogens with two attached hydrogens (primary N) is 1. The third kappa shape index (κ3) is 5.17. The molecule has 1 fully saturated rings. The molecule has 1 aliphatic rings. The summed E-state index contributed by atoms with van der Waals surface area (Å²) in [6, 6.07) is 3.77. The van der Waals surface area contributed by atoms with Crippen molar-refractivity contribution in [2.75, 3.05) is 18.0 Å². The maximum Gasteiger partial charge on any atom is 0.338 e. The number of rotatable bonds is 3. The number of anilines is 1. The van der Waals surface area contributed by atoms with Gasteiger partial charge >= 0.3 is 5.97 Å². The van der Waals surface area contributed by atoms with Crippen LogP contribution in [0, 0.1) is 0 Å².